The smallest absolute Gasteiger partial charge is 0.340 e. The lowest BCUT2D eigenvalue weighted by Gasteiger charge is -2.32. The van der Waals surface area contributed by atoms with Gasteiger partial charge in [0.1, 0.15) is 0 Å². The van der Waals surface area contributed by atoms with E-state index in [1.165, 1.54) is 26.4 Å². The zero-order valence-corrected chi connectivity index (χ0v) is 20.5. The number of methoxy groups -OCH3 is 1. The van der Waals surface area contributed by atoms with Gasteiger partial charge in [-0.15, -0.1) is 0 Å². The van der Waals surface area contributed by atoms with E-state index in [2.05, 4.69) is 15.6 Å². The molecule has 2 N–H and O–H groups in total. The van der Waals surface area contributed by atoms with Crippen molar-refractivity contribution < 1.29 is 28.7 Å². The zero-order chi connectivity index (χ0) is 24.6. The number of carbonyl (C=O) groups is 4. The molecule has 1 aromatic heterocycles. The lowest BCUT2D eigenvalue weighted by Crippen LogP contribution is -2.49. The van der Waals surface area contributed by atoms with Crippen molar-refractivity contribution in [2.45, 2.75) is 47.1 Å². The number of pyridine rings is 1. The molecule has 180 valence electrons. The maximum Gasteiger partial charge on any atom is 0.340 e. The van der Waals surface area contributed by atoms with Crippen molar-refractivity contribution in [1.29, 1.82) is 0 Å². The molecule has 1 heterocycles. The highest BCUT2D eigenvalue weighted by atomic mass is 32.2. The maximum atomic E-state index is 12.7. The molecule has 9 nitrogen and oxygen atoms in total. The van der Waals surface area contributed by atoms with Crippen molar-refractivity contribution in [2.24, 2.45) is 5.41 Å². The number of nitrogens with zero attached hydrogens (tertiary/aromatic N) is 1. The first-order valence-corrected chi connectivity index (χ1v) is 11.4. The summed E-state index contributed by atoms with van der Waals surface area (Å²) in [5, 5.41) is 5.29. The standard InChI is InChI=1S/C20H29N3O6S.C2H6/c1-14(24)30-11-10-22-16(25)7-9-23-18(26)17(20(2,3)13-28-4)29-19(27)15-6-5-8-21-12-15;1-2/h5-6,8,12,17H,7,9-11,13H2,1-4H3,(H,22,25)(H,23,26);1-2H3/t17-;/m0./s1. The van der Waals surface area contributed by atoms with Gasteiger partial charge in [0.05, 0.1) is 12.2 Å². The second-order valence-electron chi connectivity index (χ2n) is 7.18. The van der Waals surface area contributed by atoms with E-state index in [9.17, 15) is 19.2 Å². The molecule has 1 atom stereocenters. The molecule has 0 aromatic carbocycles. The van der Waals surface area contributed by atoms with Crippen LogP contribution in [0.15, 0.2) is 24.5 Å². The largest absolute Gasteiger partial charge is 0.448 e. The summed E-state index contributed by atoms with van der Waals surface area (Å²) in [6.07, 6.45) is 1.82. The molecule has 0 aliphatic carbocycles. The van der Waals surface area contributed by atoms with Crippen LogP contribution in [0.25, 0.3) is 0 Å². The Balaban J connectivity index is 0.00000466. The number of rotatable bonds is 12. The third-order valence-corrected chi connectivity index (χ3v) is 4.78. The Bertz CT molecular complexity index is 728. The van der Waals surface area contributed by atoms with E-state index in [4.69, 9.17) is 9.47 Å². The van der Waals surface area contributed by atoms with Gasteiger partial charge in [-0.25, -0.2) is 4.79 Å². The van der Waals surface area contributed by atoms with Crippen LogP contribution >= 0.6 is 11.8 Å². The Morgan fingerprint density at radius 3 is 2.41 bits per heavy atom. The summed E-state index contributed by atoms with van der Waals surface area (Å²) in [4.78, 5) is 51.7. The van der Waals surface area contributed by atoms with Gasteiger partial charge in [0, 0.05) is 57.1 Å². The van der Waals surface area contributed by atoms with Crippen LogP contribution in [-0.4, -0.2) is 66.5 Å². The summed E-state index contributed by atoms with van der Waals surface area (Å²) in [5.74, 6) is -0.952. The van der Waals surface area contributed by atoms with Gasteiger partial charge in [-0.1, -0.05) is 39.5 Å². The molecule has 0 aliphatic heterocycles. The first-order valence-electron chi connectivity index (χ1n) is 10.4. The fourth-order valence-electron chi connectivity index (χ4n) is 2.54. The van der Waals surface area contributed by atoms with Gasteiger partial charge in [0.15, 0.2) is 11.2 Å². The third-order valence-electron chi connectivity index (χ3n) is 3.97. The van der Waals surface area contributed by atoms with Crippen molar-refractivity contribution >= 4 is 34.7 Å². The van der Waals surface area contributed by atoms with E-state index in [1.54, 1.807) is 26.0 Å². The number of amides is 2. The summed E-state index contributed by atoms with van der Waals surface area (Å²) in [6, 6.07) is 3.14. The van der Waals surface area contributed by atoms with Crippen molar-refractivity contribution in [3.8, 4) is 0 Å². The van der Waals surface area contributed by atoms with Crippen molar-refractivity contribution in [3.05, 3.63) is 30.1 Å². The van der Waals surface area contributed by atoms with Gasteiger partial charge in [-0.2, -0.15) is 0 Å². The minimum absolute atomic E-state index is 0.0120. The summed E-state index contributed by atoms with van der Waals surface area (Å²) in [6.45, 7) is 9.58. The van der Waals surface area contributed by atoms with E-state index in [-0.39, 0.29) is 36.2 Å². The van der Waals surface area contributed by atoms with E-state index < -0.39 is 23.4 Å². The maximum absolute atomic E-state index is 12.7. The SMILES string of the molecule is CC.COCC(C)(C)[C@@H](OC(=O)c1cccnc1)C(=O)NCCC(=O)NCCSC(C)=O. The second kappa shape index (κ2) is 16.2. The van der Waals surface area contributed by atoms with Gasteiger partial charge in [0.2, 0.25) is 5.91 Å². The van der Waals surface area contributed by atoms with Crippen molar-refractivity contribution in [1.82, 2.24) is 15.6 Å². The van der Waals surface area contributed by atoms with E-state index in [0.717, 1.165) is 11.8 Å². The number of nitrogens with one attached hydrogen (secondary N) is 2. The molecule has 32 heavy (non-hydrogen) atoms. The van der Waals surface area contributed by atoms with Crippen LogP contribution in [0.5, 0.6) is 0 Å². The molecule has 10 heteroatoms. The zero-order valence-electron chi connectivity index (χ0n) is 19.7. The van der Waals surface area contributed by atoms with Crippen LogP contribution < -0.4 is 10.6 Å². The highest BCUT2D eigenvalue weighted by Gasteiger charge is 2.39. The lowest BCUT2D eigenvalue weighted by atomic mass is 9.86. The molecular weight excluding hydrogens is 434 g/mol. The highest BCUT2D eigenvalue weighted by Crippen LogP contribution is 2.25. The van der Waals surface area contributed by atoms with Crippen molar-refractivity contribution in [3.63, 3.8) is 0 Å². The number of aromatic nitrogens is 1. The summed E-state index contributed by atoms with van der Waals surface area (Å²) < 4.78 is 10.6. The summed E-state index contributed by atoms with van der Waals surface area (Å²) in [7, 11) is 1.49. The van der Waals surface area contributed by atoms with Gasteiger partial charge >= 0.3 is 5.97 Å². The predicted molar refractivity (Wildman–Crippen MR) is 124 cm³/mol. The number of hydrogen-bond donors (Lipinski definition) is 2. The molecule has 0 saturated carbocycles. The monoisotopic (exact) mass is 469 g/mol. The molecule has 0 radical (unpaired) electrons. The molecule has 2 amide bonds. The fourth-order valence-corrected chi connectivity index (χ4v) is 3.03. The Morgan fingerprint density at radius 1 is 1.16 bits per heavy atom. The van der Waals surface area contributed by atoms with E-state index >= 15 is 0 Å². The number of hydrogen-bond acceptors (Lipinski definition) is 8. The minimum atomic E-state index is -1.12. The predicted octanol–water partition coefficient (Wildman–Crippen LogP) is 2.21. The number of thioether (sulfide) groups is 1. The fraction of sp³-hybridized carbons (Fsp3) is 0.591. The lowest BCUT2D eigenvalue weighted by molar-refractivity contribution is -0.138. The van der Waals surface area contributed by atoms with E-state index in [0.29, 0.717) is 12.3 Å². The third kappa shape index (κ3) is 11.8. The Kier molecular flexibility index (Phi) is 15.0. The molecule has 0 spiro atoms. The van der Waals surface area contributed by atoms with Crippen LogP contribution in [0.4, 0.5) is 0 Å². The molecular formula is C22H35N3O6S. The first kappa shape index (κ1) is 29.5. The number of carbonyl (C=O) groups excluding carboxylic acids is 4. The molecule has 0 aliphatic rings. The van der Waals surface area contributed by atoms with Crippen LogP contribution in [-0.2, 0) is 23.9 Å². The molecule has 0 saturated heterocycles. The average molecular weight is 470 g/mol. The van der Waals surface area contributed by atoms with E-state index in [1.807, 2.05) is 13.8 Å². The van der Waals surface area contributed by atoms with Gasteiger partial charge < -0.3 is 20.1 Å². The topological polar surface area (TPSA) is 124 Å². The van der Waals surface area contributed by atoms with Crippen LogP contribution in [0.1, 0.15) is 51.4 Å². The summed E-state index contributed by atoms with van der Waals surface area (Å²) >= 11 is 1.13. The second-order valence-corrected chi connectivity index (χ2v) is 8.45. The quantitative estimate of drug-likeness (QED) is 0.353. The molecule has 1 aromatic rings. The van der Waals surface area contributed by atoms with Gasteiger partial charge in [0.25, 0.3) is 5.91 Å². The Labute approximate surface area is 194 Å². The van der Waals surface area contributed by atoms with Crippen LogP contribution in [0.2, 0.25) is 0 Å². The Morgan fingerprint density at radius 2 is 1.84 bits per heavy atom. The number of ether oxygens (including phenoxy) is 2. The van der Waals surface area contributed by atoms with Gasteiger partial charge in [-0.3, -0.25) is 19.4 Å². The normalized spacial score (nSPS) is 11.4. The average Bonchev–Trinajstić information content (AvgIpc) is 2.76. The molecule has 0 unspecified atom stereocenters. The first-order chi connectivity index (χ1) is 15.2. The molecule has 1 rings (SSSR count). The minimum Gasteiger partial charge on any atom is -0.448 e. The number of esters is 1. The van der Waals surface area contributed by atoms with Crippen LogP contribution in [0, 0.1) is 5.41 Å². The molecule has 0 bridgehead atoms. The highest BCUT2D eigenvalue weighted by molar-refractivity contribution is 8.13. The van der Waals surface area contributed by atoms with Gasteiger partial charge in [-0.05, 0) is 12.1 Å². The molecule has 0 fully saturated rings. The summed E-state index contributed by atoms with van der Waals surface area (Å²) in [5.41, 5.74) is -0.575. The van der Waals surface area contributed by atoms with Crippen molar-refractivity contribution in [2.75, 3.05) is 32.6 Å². The Hall–Kier alpha value is -2.46. The van der Waals surface area contributed by atoms with Crippen LogP contribution in [0.3, 0.4) is 0 Å².